The smallest absolute Gasteiger partial charge is 0.238 e. The third-order valence-electron chi connectivity index (χ3n) is 3.31. The largest absolute Gasteiger partial charge is 0.468 e. The summed E-state index contributed by atoms with van der Waals surface area (Å²) >= 11 is 0. The molecule has 1 aromatic heterocycles. The Hall–Kier alpha value is -1.94. The number of hydrogen-bond donors (Lipinski definition) is 1. The Labute approximate surface area is 113 Å². The Morgan fingerprint density at radius 1 is 1.16 bits per heavy atom. The molecule has 0 radical (unpaired) electrons. The van der Waals surface area contributed by atoms with Gasteiger partial charge in [-0.3, -0.25) is 0 Å². The quantitative estimate of drug-likeness (QED) is 0.914. The van der Waals surface area contributed by atoms with Crippen molar-refractivity contribution in [1.82, 2.24) is 10.2 Å². The van der Waals surface area contributed by atoms with Crippen LogP contribution in [0.5, 0.6) is 5.88 Å². The summed E-state index contributed by atoms with van der Waals surface area (Å²) in [6.45, 7) is 6.31. The van der Waals surface area contributed by atoms with Gasteiger partial charge in [0, 0.05) is 12.1 Å². The minimum atomic E-state index is -0.0806. The normalized spacial score (nSPS) is 12.2. The third kappa shape index (κ3) is 2.90. The number of ether oxygens (including phenoxy) is 1. The topological polar surface area (TPSA) is 61.0 Å². The Balaban J connectivity index is 2.27. The fourth-order valence-electron chi connectivity index (χ4n) is 1.93. The molecule has 0 saturated heterocycles. The summed E-state index contributed by atoms with van der Waals surface area (Å²) in [6, 6.07) is 10.0. The predicted octanol–water partition coefficient (Wildman–Crippen LogP) is 2.69. The molecular weight excluding hydrogens is 238 g/mol. The van der Waals surface area contributed by atoms with Crippen LogP contribution in [0.4, 0.5) is 0 Å². The molecular formula is C15H19N3O. The Kier molecular flexibility index (Phi) is 4.12. The van der Waals surface area contributed by atoms with Crippen LogP contribution in [0.2, 0.25) is 0 Å². The summed E-state index contributed by atoms with van der Waals surface area (Å²) < 4.78 is 5.90. The highest BCUT2D eigenvalue weighted by molar-refractivity contribution is 5.35. The lowest BCUT2D eigenvalue weighted by molar-refractivity contribution is 0.212. The van der Waals surface area contributed by atoms with Gasteiger partial charge >= 0.3 is 0 Å². The fourth-order valence-corrected chi connectivity index (χ4v) is 1.93. The van der Waals surface area contributed by atoms with Crippen molar-refractivity contribution < 1.29 is 4.74 Å². The number of nitrogens with zero attached hydrogens (tertiary/aromatic N) is 2. The molecule has 1 aromatic carbocycles. The third-order valence-corrected chi connectivity index (χ3v) is 3.31. The highest BCUT2D eigenvalue weighted by atomic mass is 16.5. The van der Waals surface area contributed by atoms with E-state index >= 15 is 0 Å². The lowest BCUT2D eigenvalue weighted by Gasteiger charge is -2.17. The highest BCUT2D eigenvalue weighted by Gasteiger charge is 2.14. The van der Waals surface area contributed by atoms with Crippen molar-refractivity contribution in [3.05, 3.63) is 52.7 Å². The average Bonchev–Trinajstić information content (AvgIpc) is 2.44. The minimum absolute atomic E-state index is 0.0806. The zero-order chi connectivity index (χ0) is 13.8. The molecule has 0 saturated carbocycles. The fraction of sp³-hybridized carbons (Fsp3) is 0.333. The second-order valence-corrected chi connectivity index (χ2v) is 4.57. The van der Waals surface area contributed by atoms with Gasteiger partial charge in [-0.15, -0.1) is 5.10 Å². The van der Waals surface area contributed by atoms with Gasteiger partial charge in [0.2, 0.25) is 5.88 Å². The van der Waals surface area contributed by atoms with Crippen LogP contribution in [-0.4, -0.2) is 10.2 Å². The first-order chi connectivity index (χ1) is 9.13. The molecule has 4 heteroatoms. The van der Waals surface area contributed by atoms with E-state index in [-0.39, 0.29) is 6.10 Å². The van der Waals surface area contributed by atoms with E-state index in [2.05, 4.69) is 10.2 Å². The lowest BCUT2D eigenvalue weighted by atomic mass is 10.1. The van der Waals surface area contributed by atoms with Crippen LogP contribution in [0.1, 0.15) is 35.4 Å². The van der Waals surface area contributed by atoms with Gasteiger partial charge < -0.3 is 10.5 Å². The maximum atomic E-state index is 5.90. The van der Waals surface area contributed by atoms with E-state index in [4.69, 9.17) is 10.5 Å². The van der Waals surface area contributed by atoms with Gasteiger partial charge in [-0.25, -0.2) is 0 Å². The molecule has 0 aliphatic heterocycles. The molecule has 2 N–H and O–H groups in total. The summed E-state index contributed by atoms with van der Waals surface area (Å²) in [5.41, 5.74) is 9.75. The van der Waals surface area contributed by atoms with E-state index in [1.165, 1.54) is 0 Å². The first-order valence-electron chi connectivity index (χ1n) is 6.38. The van der Waals surface area contributed by atoms with Crippen LogP contribution >= 0.6 is 0 Å². The molecule has 1 unspecified atom stereocenters. The Bertz CT molecular complexity index is 555. The molecule has 0 aliphatic rings. The first kappa shape index (κ1) is 13.5. The molecule has 0 spiro atoms. The first-order valence-corrected chi connectivity index (χ1v) is 6.38. The summed E-state index contributed by atoms with van der Waals surface area (Å²) in [5.74, 6) is 0.530. The number of rotatable bonds is 4. The van der Waals surface area contributed by atoms with Crippen LogP contribution in [0, 0.1) is 13.8 Å². The predicted molar refractivity (Wildman–Crippen MR) is 74.9 cm³/mol. The van der Waals surface area contributed by atoms with Gasteiger partial charge in [-0.1, -0.05) is 30.3 Å². The SMILES string of the molecule is Cc1nnc(OC(C)c2ccccc2)c(CN)c1C. The van der Waals surface area contributed by atoms with Crippen molar-refractivity contribution >= 4 is 0 Å². The summed E-state index contributed by atoms with van der Waals surface area (Å²) in [5, 5.41) is 8.23. The molecule has 1 heterocycles. The van der Waals surface area contributed by atoms with Crippen molar-refractivity contribution in [1.29, 1.82) is 0 Å². The summed E-state index contributed by atoms with van der Waals surface area (Å²) in [4.78, 5) is 0. The average molecular weight is 257 g/mol. The van der Waals surface area contributed by atoms with E-state index in [1.54, 1.807) is 0 Å². The number of aryl methyl sites for hydroxylation is 1. The molecule has 2 aromatic rings. The van der Waals surface area contributed by atoms with Crippen molar-refractivity contribution in [2.24, 2.45) is 5.73 Å². The minimum Gasteiger partial charge on any atom is -0.468 e. The maximum absolute atomic E-state index is 5.90. The summed E-state index contributed by atoms with van der Waals surface area (Å²) in [7, 11) is 0. The van der Waals surface area contributed by atoms with Crippen LogP contribution < -0.4 is 10.5 Å². The van der Waals surface area contributed by atoms with Crippen molar-refractivity contribution in [3.63, 3.8) is 0 Å². The van der Waals surface area contributed by atoms with E-state index in [1.807, 2.05) is 51.1 Å². The molecule has 4 nitrogen and oxygen atoms in total. The second-order valence-electron chi connectivity index (χ2n) is 4.57. The molecule has 19 heavy (non-hydrogen) atoms. The number of hydrogen-bond acceptors (Lipinski definition) is 4. The number of benzene rings is 1. The van der Waals surface area contributed by atoms with Gasteiger partial charge in [0.15, 0.2) is 0 Å². The maximum Gasteiger partial charge on any atom is 0.238 e. The monoisotopic (exact) mass is 257 g/mol. The van der Waals surface area contributed by atoms with Gasteiger partial charge in [0.1, 0.15) is 6.10 Å². The van der Waals surface area contributed by atoms with Crippen LogP contribution in [-0.2, 0) is 6.54 Å². The van der Waals surface area contributed by atoms with E-state index in [0.717, 1.165) is 22.4 Å². The molecule has 0 amide bonds. The lowest BCUT2D eigenvalue weighted by Crippen LogP contribution is -2.11. The van der Waals surface area contributed by atoms with Gasteiger partial charge in [0.05, 0.1) is 5.69 Å². The Morgan fingerprint density at radius 3 is 2.47 bits per heavy atom. The van der Waals surface area contributed by atoms with Crippen molar-refractivity contribution in [3.8, 4) is 5.88 Å². The van der Waals surface area contributed by atoms with Gasteiger partial charge in [-0.2, -0.15) is 5.10 Å². The van der Waals surface area contributed by atoms with Gasteiger partial charge in [-0.05, 0) is 31.9 Å². The van der Waals surface area contributed by atoms with Crippen LogP contribution in [0.15, 0.2) is 30.3 Å². The van der Waals surface area contributed by atoms with E-state index in [0.29, 0.717) is 12.4 Å². The zero-order valence-electron chi connectivity index (χ0n) is 11.6. The molecule has 100 valence electrons. The van der Waals surface area contributed by atoms with Crippen LogP contribution in [0.25, 0.3) is 0 Å². The van der Waals surface area contributed by atoms with Crippen molar-refractivity contribution in [2.45, 2.75) is 33.4 Å². The highest BCUT2D eigenvalue weighted by Crippen LogP contribution is 2.25. The summed E-state index contributed by atoms with van der Waals surface area (Å²) in [6.07, 6.45) is -0.0806. The molecule has 0 aliphatic carbocycles. The molecule has 0 fully saturated rings. The number of aromatic nitrogens is 2. The van der Waals surface area contributed by atoms with E-state index < -0.39 is 0 Å². The van der Waals surface area contributed by atoms with E-state index in [9.17, 15) is 0 Å². The molecule has 0 bridgehead atoms. The van der Waals surface area contributed by atoms with Crippen molar-refractivity contribution in [2.75, 3.05) is 0 Å². The standard InChI is InChI=1S/C15H19N3O/c1-10-11(2)17-18-15(14(10)9-16)19-12(3)13-7-5-4-6-8-13/h4-8,12H,9,16H2,1-3H3. The van der Waals surface area contributed by atoms with Gasteiger partial charge in [0.25, 0.3) is 0 Å². The molecule has 2 rings (SSSR count). The zero-order valence-corrected chi connectivity index (χ0v) is 11.6. The van der Waals surface area contributed by atoms with Crippen LogP contribution in [0.3, 0.4) is 0 Å². The second kappa shape index (κ2) is 5.80. The number of nitrogens with two attached hydrogens (primary N) is 1. The Morgan fingerprint density at radius 2 is 1.84 bits per heavy atom. The molecule has 1 atom stereocenters.